The van der Waals surface area contributed by atoms with Crippen LogP contribution in [0.15, 0.2) is 54.6 Å². The van der Waals surface area contributed by atoms with Crippen molar-refractivity contribution in [1.29, 1.82) is 0 Å². The highest BCUT2D eigenvalue weighted by Crippen LogP contribution is 2.41. The van der Waals surface area contributed by atoms with E-state index in [9.17, 15) is 9.90 Å². The molecule has 4 heteroatoms. The van der Waals surface area contributed by atoms with E-state index in [0.717, 1.165) is 29.5 Å². The lowest BCUT2D eigenvalue weighted by atomic mass is 9.79. The molecule has 130 valence electrons. The smallest absolute Gasteiger partial charge is 0.227 e. The first-order valence-corrected chi connectivity index (χ1v) is 8.90. The highest BCUT2D eigenvalue weighted by Gasteiger charge is 2.45. The predicted octanol–water partition coefficient (Wildman–Crippen LogP) is 2.70. The molecule has 0 aliphatic carbocycles. The van der Waals surface area contributed by atoms with Crippen molar-refractivity contribution < 1.29 is 14.6 Å². The number of rotatable bonds is 1. The minimum atomic E-state index is -1.22. The second-order valence-corrected chi connectivity index (χ2v) is 7.05. The molecule has 2 N–H and O–H groups in total. The fraction of sp³-hybridized carbons (Fsp3) is 0.381. The second-order valence-electron chi connectivity index (χ2n) is 7.05. The van der Waals surface area contributed by atoms with Crippen molar-refractivity contribution in [3.8, 4) is 0 Å². The van der Waals surface area contributed by atoms with E-state index in [1.165, 1.54) is 0 Å². The van der Waals surface area contributed by atoms with E-state index >= 15 is 0 Å². The van der Waals surface area contributed by atoms with Crippen molar-refractivity contribution in [3.05, 3.63) is 71.3 Å². The fourth-order valence-electron chi connectivity index (χ4n) is 3.96. The van der Waals surface area contributed by atoms with Gasteiger partial charge in [-0.2, -0.15) is 0 Å². The van der Waals surface area contributed by atoms with Gasteiger partial charge in [-0.05, 0) is 36.5 Å². The normalized spacial score (nSPS) is 31.9. The van der Waals surface area contributed by atoms with Crippen LogP contribution in [-0.2, 0) is 15.1 Å². The Labute approximate surface area is 147 Å². The molecule has 0 unspecified atom stereocenters. The molecule has 2 aliphatic heterocycles. The number of carbonyl (C=O) groups is 1. The van der Waals surface area contributed by atoms with Crippen molar-refractivity contribution in [2.24, 2.45) is 0 Å². The molecule has 4 bridgehead atoms. The van der Waals surface area contributed by atoms with Crippen LogP contribution >= 0.6 is 0 Å². The third-order valence-electron chi connectivity index (χ3n) is 5.51. The van der Waals surface area contributed by atoms with Crippen molar-refractivity contribution in [2.75, 3.05) is 6.54 Å². The second kappa shape index (κ2) is 6.28. The van der Waals surface area contributed by atoms with E-state index in [2.05, 4.69) is 5.32 Å². The predicted molar refractivity (Wildman–Crippen MR) is 95.2 cm³/mol. The number of carbonyl (C=O) groups excluding carboxylic acids is 1. The Morgan fingerprint density at radius 3 is 2.64 bits per heavy atom. The standard InChI is InChI=1S/C21H23NO3/c1-14-15-6-5-9-17(12-15)21(24,16-7-3-2-4-8-16)19-11-10-18(25-19)13-22-20(14)23/h2-9,12,14,18-19,24H,10-11,13H2,1H3,(H,22,23)/t14-,18+,19+,21-/m0/s1. The van der Waals surface area contributed by atoms with E-state index in [1.54, 1.807) is 0 Å². The van der Waals surface area contributed by atoms with Crippen LogP contribution in [-0.4, -0.2) is 29.8 Å². The molecule has 2 aromatic rings. The average molecular weight is 337 g/mol. The maximum absolute atomic E-state index is 12.4. The maximum atomic E-state index is 12.4. The zero-order valence-electron chi connectivity index (χ0n) is 14.3. The number of hydrogen-bond donors (Lipinski definition) is 2. The molecule has 1 amide bonds. The highest BCUT2D eigenvalue weighted by atomic mass is 16.5. The van der Waals surface area contributed by atoms with Gasteiger partial charge in [-0.15, -0.1) is 0 Å². The first-order chi connectivity index (χ1) is 12.1. The van der Waals surface area contributed by atoms with Gasteiger partial charge < -0.3 is 15.2 Å². The fourth-order valence-corrected chi connectivity index (χ4v) is 3.96. The summed E-state index contributed by atoms with van der Waals surface area (Å²) in [6, 6.07) is 17.4. The summed E-state index contributed by atoms with van der Waals surface area (Å²) in [7, 11) is 0. The molecular formula is C21H23NO3. The molecule has 0 aromatic heterocycles. The Hall–Kier alpha value is -2.17. The minimum absolute atomic E-state index is 0.00523. The van der Waals surface area contributed by atoms with Crippen LogP contribution in [0.3, 0.4) is 0 Å². The molecule has 2 heterocycles. The number of nitrogens with one attached hydrogen (secondary N) is 1. The number of benzene rings is 2. The van der Waals surface area contributed by atoms with Gasteiger partial charge in [0, 0.05) is 6.54 Å². The van der Waals surface area contributed by atoms with Gasteiger partial charge in [0.25, 0.3) is 0 Å². The van der Waals surface area contributed by atoms with Gasteiger partial charge in [0.15, 0.2) is 0 Å². The lowest BCUT2D eigenvalue weighted by molar-refractivity contribution is -0.123. The van der Waals surface area contributed by atoms with E-state index in [4.69, 9.17) is 4.74 Å². The molecule has 4 rings (SSSR count). The van der Waals surface area contributed by atoms with Gasteiger partial charge >= 0.3 is 0 Å². The zero-order chi connectivity index (χ0) is 17.4. The van der Waals surface area contributed by atoms with Crippen molar-refractivity contribution in [1.82, 2.24) is 5.32 Å². The Morgan fingerprint density at radius 2 is 1.84 bits per heavy atom. The third kappa shape index (κ3) is 2.75. The Bertz CT molecular complexity index is 776. The first kappa shape index (κ1) is 16.3. The van der Waals surface area contributed by atoms with Gasteiger partial charge in [0.2, 0.25) is 5.91 Å². The number of amides is 1. The van der Waals surface area contributed by atoms with Crippen LogP contribution in [0.4, 0.5) is 0 Å². The quantitative estimate of drug-likeness (QED) is 0.841. The maximum Gasteiger partial charge on any atom is 0.227 e. The summed E-state index contributed by atoms with van der Waals surface area (Å²) in [6.07, 6.45) is 1.19. The molecule has 1 fully saturated rings. The molecule has 4 atom stereocenters. The van der Waals surface area contributed by atoms with E-state index in [-0.39, 0.29) is 24.0 Å². The van der Waals surface area contributed by atoms with E-state index in [0.29, 0.717) is 6.54 Å². The molecule has 25 heavy (non-hydrogen) atoms. The molecule has 2 aromatic carbocycles. The van der Waals surface area contributed by atoms with E-state index in [1.807, 2.05) is 61.5 Å². The lowest BCUT2D eigenvalue weighted by Crippen LogP contribution is -2.41. The topological polar surface area (TPSA) is 58.6 Å². The SMILES string of the molecule is C[C@@H]1C(=O)NC[C@H]2CC[C@@H](O2)[C@](O)(c2ccccc2)c2cccc1c2. The Morgan fingerprint density at radius 1 is 1.08 bits per heavy atom. The van der Waals surface area contributed by atoms with Crippen LogP contribution in [0, 0.1) is 0 Å². The first-order valence-electron chi connectivity index (χ1n) is 8.90. The number of hydrogen-bond acceptors (Lipinski definition) is 3. The lowest BCUT2D eigenvalue weighted by Gasteiger charge is -2.35. The van der Waals surface area contributed by atoms with E-state index < -0.39 is 5.60 Å². The van der Waals surface area contributed by atoms with Gasteiger partial charge in [0.05, 0.1) is 18.1 Å². The zero-order valence-corrected chi connectivity index (χ0v) is 14.3. The Kier molecular flexibility index (Phi) is 4.10. The van der Waals surface area contributed by atoms with Crippen molar-refractivity contribution >= 4 is 5.91 Å². The summed E-state index contributed by atoms with van der Waals surface area (Å²) in [6.45, 7) is 2.38. The summed E-state index contributed by atoms with van der Waals surface area (Å²) in [5.41, 5.74) is 1.29. The summed E-state index contributed by atoms with van der Waals surface area (Å²) in [5, 5.41) is 14.8. The summed E-state index contributed by atoms with van der Waals surface area (Å²) >= 11 is 0. The summed E-state index contributed by atoms with van der Waals surface area (Å²) < 4.78 is 6.18. The number of ether oxygens (including phenoxy) is 1. The Balaban J connectivity index is 1.89. The van der Waals surface area contributed by atoms with Gasteiger partial charge in [-0.25, -0.2) is 0 Å². The van der Waals surface area contributed by atoms with Gasteiger partial charge in [0.1, 0.15) is 5.60 Å². The molecular weight excluding hydrogens is 314 g/mol. The van der Waals surface area contributed by atoms with Crippen LogP contribution in [0.5, 0.6) is 0 Å². The third-order valence-corrected chi connectivity index (χ3v) is 5.51. The monoisotopic (exact) mass is 337 g/mol. The number of fused-ring (bicyclic) bond motifs is 4. The molecule has 1 saturated heterocycles. The largest absolute Gasteiger partial charge is 0.378 e. The van der Waals surface area contributed by atoms with Crippen LogP contribution in [0.25, 0.3) is 0 Å². The average Bonchev–Trinajstić information content (AvgIpc) is 3.14. The minimum Gasteiger partial charge on any atom is -0.378 e. The van der Waals surface area contributed by atoms with Gasteiger partial charge in [-0.3, -0.25) is 4.79 Å². The van der Waals surface area contributed by atoms with Crippen molar-refractivity contribution in [2.45, 2.75) is 43.5 Å². The molecule has 0 radical (unpaired) electrons. The van der Waals surface area contributed by atoms with Crippen LogP contribution < -0.4 is 5.32 Å². The summed E-state index contributed by atoms with van der Waals surface area (Å²) in [4.78, 5) is 12.4. The van der Waals surface area contributed by atoms with Crippen LogP contribution in [0.2, 0.25) is 0 Å². The van der Waals surface area contributed by atoms with Crippen LogP contribution in [0.1, 0.15) is 42.4 Å². The molecule has 0 saturated carbocycles. The molecule has 0 spiro atoms. The summed E-state index contributed by atoms with van der Waals surface area (Å²) in [5.74, 6) is -0.272. The number of aliphatic hydroxyl groups is 1. The molecule has 4 nitrogen and oxygen atoms in total. The van der Waals surface area contributed by atoms with Crippen molar-refractivity contribution in [3.63, 3.8) is 0 Å². The molecule has 2 aliphatic rings. The highest BCUT2D eigenvalue weighted by molar-refractivity contribution is 5.83. The van der Waals surface area contributed by atoms with Gasteiger partial charge in [-0.1, -0.05) is 54.6 Å².